The van der Waals surface area contributed by atoms with Gasteiger partial charge in [-0.2, -0.15) is 0 Å². The Morgan fingerprint density at radius 2 is 1.71 bits per heavy atom. The van der Waals surface area contributed by atoms with E-state index in [2.05, 4.69) is 6.92 Å². The molecule has 4 fully saturated rings. The predicted octanol–water partition coefficient (Wildman–Crippen LogP) is 7.86. The first-order valence-electron chi connectivity index (χ1n) is 12.7. The summed E-state index contributed by atoms with van der Waals surface area (Å²) in [6.07, 6.45) is 2.56. The Labute approximate surface area is 235 Å². The molecule has 0 unspecified atom stereocenters. The molecular formula is C28H27Cl3O7. The molecule has 6 atom stereocenters. The molecule has 1 saturated carbocycles. The third-order valence-electron chi connectivity index (χ3n) is 8.23. The average Bonchev–Trinajstić information content (AvgIpc) is 3.10. The standard InChI is InChI=1S/C28H27Cl3O7/c1-14-4-7-19-15(2)24(35-26-28(19)18(14)10-11-27(3,36-26)37-38-28)25(32)34-23-13-17(30)6-9-22(23)33-21-8-5-16(29)12-20(21)31/h5-6,8-9,12-14,18-19,26H,4,7,10-11H2,1-3H3/t14-,18+,19+,26-,27+,28-/m1/s1. The van der Waals surface area contributed by atoms with E-state index in [1.165, 1.54) is 6.07 Å². The molecule has 4 aliphatic heterocycles. The van der Waals surface area contributed by atoms with Crippen molar-refractivity contribution in [1.82, 2.24) is 0 Å². The summed E-state index contributed by atoms with van der Waals surface area (Å²) in [6.45, 7) is 5.94. The minimum atomic E-state index is -0.955. The fraction of sp³-hybridized carbons (Fsp3) is 0.464. The van der Waals surface area contributed by atoms with Crippen molar-refractivity contribution in [1.29, 1.82) is 0 Å². The van der Waals surface area contributed by atoms with Gasteiger partial charge in [0.15, 0.2) is 17.1 Å². The highest BCUT2D eigenvalue weighted by molar-refractivity contribution is 6.35. The van der Waals surface area contributed by atoms with Gasteiger partial charge in [0.2, 0.25) is 17.8 Å². The lowest BCUT2D eigenvalue weighted by Gasteiger charge is -2.56. The molecule has 1 spiro atoms. The van der Waals surface area contributed by atoms with Crippen LogP contribution in [0.3, 0.4) is 0 Å². The second-order valence-electron chi connectivity index (χ2n) is 10.6. The van der Waals surface area contributed by atoms with Crippen molar-refractivity contribution in [3.05, 3.63) is 62.8 Å². The molecule has 0 radical (unpaired) electrons. The van der Waals surface area contributed by atoms with Gasteiger partial charge in [-0.25, -0.2) is 14.6 Å². The summed E-state index contributed by atoms with van der Waals surface area (Å²) in [5.41, 5.74) is -0.0805. The molecule has 7 nitrogen and oxygen atoms in total. The van der Waals surface area contributed by atoms with E-state index >= 15 is 0 Å². The van der Waals surface area contributed by atoms with Crippen LogP contribution < -0.4 is 9.47 Å². The van der Waals surface area contributed by atoms with Gasteiger partial charge in [0.05, 0.1) is 5.02 Å². The van der Waals surface area contributed by atoms with Crippen LogP contribution >= 0.6 is 34.8 Å². The number of hydrogen-bond acceptors (Lipinski definition) is 7. The van der Waals surface area contributed by atoms with Crippen LogP contribution in [0.5, 0.6) is 17.2 Å². The zero-order chi connectivity index (χ0) is 26.8. The molecule has 3 saturated heterocycles. The minimum Gasteiger partial charge on any atom is -0.454 e. The van der Waals surface area contributed by atoms with Crippen molar-refractivity contribution in [2.24, 2.45) is 17.8 Å². The first-order chi connectivity index (χ1) is 18.1. The number of fused-ring (bicyclic) bond motifs is 2. The van der Waals surface area contributed by atoms with Crippen molar-refractivity contribution in [3.63, 3.8) is 0 Å². The zero-order valence-electron chi connectivity index (χ0n) is 21.1. The SMILES string of the molecule is CC1=C(C(=O)Oc2cc(Cl)ccc2Oc2ccc(Cl)cc2Cl)O[C@@H]2O[C@]3(C)CC[C@H]4[C@H](C)CC[C@@H]1[C@@]24OO3. The van der Waals surface area contributed by atoms with Crippen LogP contribution in [0.2, 0.25) is 15.1 Å². The Kier molecular flexibility index (Phi) is 6.61. The largest absolute Gasteiger partial charge is 0.454 e. The van der Waals surface area contributed by atoms with Crippen LogP contribution in [-0.2, 0) is 24.0 Å². The molecule has 0 N–H and O–H groups in total. The lowest BCUT2D eigenvalue weighted by Crippen LogP contribution is -2.67. The first kappa shape index (κ1) is 26.2. The summed E-state index contributed by atoms with van der Waals surface area (Å²) in [6, 6.07) is 9.56. The summed E-state index contributed by atoms with van der Waals surface area (Å²) < 4.78 is 24.4. The third kappa shape index (κ3) is 4.28. The lowest BCUT2D eigenvalue weighted by molar-refractivity contribution is -0.556. The molecule has 1 aliphatic carbocycles. The number of halogens is 3. The van der Waals surface area contributed by atoms with Crippen LogP contribution in [0.4, 0.5) is 0 Å². The number of hydrogen-bond donors (Lipinski definition) is 0. The summed E-state index contributed by atoms with van der Waals surface area (Å²) >= 11 is 18.5. The van der Waals surface area contributed by atoms with E-state index in [1.54, 1.807) is 30.3 Å². The van der Waals surface area contributed by atoms with Gasteiger partial charge >= 0.3 is 5.97 Å². The highest BCUT2D eigenvalue weighted by atomic mass is 35.5. The van der Waals surface area contributed by atoms with E-state index in [1.807, 2.05) is 13.8 Å². The van der Waals surface area contributed by atoms with E-state index in [0.29, 0.717) is 33.2 Å². The quantitative estimate of drug-likeness (QED) is 0.207. The molecule has 4 heterocycles. The second kappa shape index (κ2) is 9.58. The van der Waals surface area contributed by atoms with E-state index in [0.717, 1.165) is 24.8 Å². The molecule has 38 heavy (non-hydrogen) atoms. The summed E-state index contributed by atoms with van der Waals surface area (Å²) in [7, 11) is 0. The Balaban J connectivity index is 1.32. The Morgan fingerprint density at radius 3 is 2.47 bits per heavy atom. The monoisotopic (exact) mass is 580 g/mol. The second-order valence-corrected chi connectivity index (χ2v) is 11.9. The number of benzene rings is 2. The zero-order valence-corrected chi connectivity index (χ0v) is 23.4. The van der Waals surface area contributed by atoms with Gasteiger partial charge < -0.3 is 18.9 Å². The van der Waals surface area contributed by atoms with Crippen molar-refractivity contribution in [2.75, 3.05) is 0 Å². The summed E-state index contributed by atoms with van der Waals surface area (Å²) in [5.74, 6) is -0.402. The number of esters is 1. The fourth-order valence-electron chi connectivity index (χ4n) is 6.29. The molecule has 0 aromatic heterocycles. The van der Waals surface area contributed by atoms with Crippen LogP contribution in [0.25, 0.3) is 0 Å². The normalized spacial score (nSPS) is 33.7. The number of carbonyl (C=O) groups excluding carboxylic acids is 1. The number of ether oxygens (including phenoxy) is 4. The maximum absolute atomic E-state index is 13.6. The molecule has 2 aromatic rings. The number of carbonyl (C=O) groups is 1. The predicted molar refractivity (Wildman–Crippen MR) is 140 cm³/mol. The van der Waals surface area contributed by atoms with Gasteiger partial charge in [0.25, 0.3) is 0 Å². The maximum atomic E-state index is 13.6. The smallest absolute Gasteiger partial charge is 0.379 e. The summed E-state index contributed by atoms with van der Waals surface area (Å²) in [5, 5.41) is 1.14. The van der Waals surface area contributed by atoms with Crippen molar-refractivity contribution in [2.45, 2.75) is 64.1 Å². The molecular weight excluding hydrogens is 555 g/mol. The van der Waals surface area contributed by atoms with Crippen LogP contribution in [0.1, 0.15) is 46.5 Å². The molecule has 2 bridgehead atoms. The topological polar surface area (TPSA) is 72.5 Å². The van der Waals surface area contributed by atoms with Crippen LogP contribution in [-0.4, -0.2) is 23.6 Å². The molecule has 202 valence electrons. The van der Waals surface area contributed by atoms with Crippen molar-refractivity contribution in [3.8, 4) is 17.2 Å². The Bertz CT molecular complexity index is 1330. The van der Waals surface area contributed by atoms with Crippen molar-refractivity contribution < 1.29 is 33.5 Å². The molecule has 7 rings (SSSR count). The lowest BCUT2D eigenvalue weighted by atomic mass is 9.59. The summed E-state index contributed by atoms with van der Waals surface area (Å²) in [4.78, 5) is 25.6. The maximum Gasteiger partial charge on any atom is 0.379 e. The van der Waals surface area contributed by atoms with E-state index < -0.39 is 23.6 Å². The van der Waals surface area contributed by atoms with Gasteiger partial charge in [0, 0.05) is 34.4 Å². The van der Waals surface area contributed by atoms with Crippen LogP contribution in [0, 0.1) is 17.8 Å². The van der Waals surface area contributed by atoms with E-state index in [4.69, 9.17) is 63.5 Å². The highest BCUT2D eigenvalue weighted by Gasteiger charge is 2.68. The van der Waals surface area contributed by atoms with Gasteiger partial charge in [-0.3, -0.25) is 0 Å². The van der Waals surface area contributed by atoms with Gasteiger partial charge in [-0.15, -0.1) is 0 Å². The molecule has 5 aliphatic rings. The Hall–Kier alpha value is -2.00. The highest BCUT2D eigenvalue weighted by Crippen LogP contribution is 2.60. The minimum absolute atomic E-state index is 0.0918. The van der Waals surface area contributed by atoms with Gasteiger partial charge in [-0.1, -0.05) is 41.7 Å². The average molecular weight is 582 g/mol. The fourth-order valence-corrected chi connectivity index (χ4v) is 6.90. The number of rotatable bonds is 4. The molecule has 2 aromatic carbocycles. The van der Waals surface area contributed by atoms with Gasteiger partial charge in [0.1, 0.15) is 5.75 Å². The first-order valence-corrected chi connectivity index (χ1v) is 13.8. The molecule has 10 heteroatoms. The van der Waals surface area contributed by atoms with Crippen LogP contribution in [0.15, 0.2) is 47.7 Å². The van der Waals surface area contributed by atoms with Gasteiger partial charge in [-0.05, 0) is 74.9 Å². The Morgan fingerprint density at radius 1 is 0.974 bits per heavy atom. The molecule has 0 amide bonds. The van der Waals surface area contributed by atoms with E-state index in [9.17, 15) is 4.79 Å². The van der Waals surface area contributed by atoms with E-state index in [-0.39, 0.29) is 29.1 Å². The van der Waals surface area contributed by atoms with Crippen molar-refractivity contribution >= 4 is 40.8 Å². The third-order valence-corrected chi connectivity index (χ3v) is 9.00.